The monoisotopic (exact) mass is 293 g/mol. The van der Waals surface area contributed by atoms with Crippen molar-refractivity contribution in [2.45, 2.75) is 25.9 Å². The van der Waals surface area contributed by atoms with Crippen molar-refractivity contribution in [3.8, 4) is 0 Å². The van der Waals surface area contributed by atoms with Crippen LogP contribution in [0.15, 0.2) is 36.4 Å². The highest BCUT2D eigenvalue weighted by Crippen LogP contribution is 2.16. The summed E-state index contributed by atoms with van der Waals surface area (Å²) in [5, 5.41) is 12.2. The Balaban J connectivity index is 1.83. The number of rotatable bonds is 6. The lowest BCUT2D eigenvalue weighted by Crippen LogP contribution is -2.27. The molecular weight excluding hydrogens is 277 g/mol. The zero-order valence-corrected chi connectivity index (χ0v) is 11.9. The minimum absolute atomic E-state index is 0.228. The largest absolute Gasteiger partial charge is 0.477 e. The van der Waals surface area contributed by atoms with Crippen molar-refractivity contribution in [3.05, 3.63) is 57.5 Å². The molecule has 0 aliphatic heterocycles. The first-order chi connectivity index (χ1) is 9.54. The summed E-state index contributed by atoms with van der Waals surface area (Å²) in [6.45, 7) is 2.69. The van der Waals surface area contributed by atoms with Gasteiger partial charge in [0.1, 0.15) is 10.7 Å². The Hall–Kier alpha value is -1.72. The predicted octanol–water partition coefficient (Wildman–Crippen LogP) is 3.31. The highest BCUT2D eigenvalue weighted by Gasteiger charge is 2.08. The van der Waals surface area contributed by atoms with Crippen molar-refractivity contribution in [1.29, 1.82) is 0 Å². The molecule has 0 saturated carbocycles. The van der Waals surface area contributed by atoms with Gasteiger partial charge in [0.05, 0.1) is 0 Å². The zero-order valence-electron chi connectivity index (χ0n) is 11.1. The van der Waals surface area contributed by atoms with E-state index >= 15 is 0 Å². The van der Waals surface area contributed by atoms with Gasteiger partial charge < -0.3 is 10.4 Å². The van der Waals surface area contributed by atoms with Crippen molar-refractivity contribution in [3.63, 3.8) is 0 Å². The van der Waals surface area contributed by atoms with Gasteiger partial charge >= 0.3 is 5.97 Å². The van der Waals surface area contributed by atoms with Crippen LogP contribution in [0.1, 0.15) is 27.0 Å². The number of benzene rings is 1. The molecule has 0 fully saturated rings. The first kappa shape index (κ1) is 14.7. The molecule has 0 amide bonds. The Bertz CT molecular complexity index is 580. The maximum Gasteiger partial charge on any atom is 0.345 e. The van der Waals surface area contributed by atoms with Crippen molar-refractivity contribution in [1.82, 2.24) is 5.32 Å². The fraction of sp³-hybridized carbons (Fsp3) is 0.267. The molecular formula is C15H16FNO2S. The predicted molar refractivity (Wildman–Crippen MR) is 77.7 cm³/mol. The number of hydrogen-bond donors (Lipinski definition) is 2. The normalized spacial score (nSPS) is 12.3. The Morgan fingerprint density at radius 1 is 1.30 bits per heavy atom. The molecule has 1 aromatic carbocycles. The summed E-state index contributed by atoms with van der Waals surface area (Å²) in [5.41, 5.74) is 1.07. The summed E-state index contributed by atoms with van der Waals surface area (Å²) in [7, 11) is 0. The molecule has 0 radical (unpaired) electrons. The van der Waals surface area contributed by atoms with Gasteiger partial charge in [0.25, 0.3) is 0 Å². The maximum absolute atomic E-state index is 12.8. The molecule has 0 bridgehead atoms. The number of carboxylic acids is 1. The quantitative estimate of drug-likeness (QED) is 0.859. The number of carboxylic acid groups (broad SMARTS) is 1. The van der Waals surface area contributed by atoms with E-state index in [0.29, 0.717) is 11.4 Å². The molecule has 5 heteroatoms. The SMILES string of the molecule is CC(Cc1ccc(F)cc1)NCc1ccc(C(=O)O)s1. The van der Waals surface area contributed by atoms with E-state index < -0.39 is 5.97 Å². The smallest absolute Gasteiger partial charge is 0.345 e. The van der Waals surface area contributed by atoms with Gasteiger partial charge in [-0.15, -0.1) is 11.3 Å². The minimum atomic E-state index is -0.888. The van der Waals surface area contributed by atoms with Crippen molar-refractivity contribution in [2.75, 3.05) is 0 Å². The van der Waals surface area contributed by atoms with Crippen LogP contribution in [0.2, 0.25) is 0 Å². The average molecular weight is 293 g/mol. The Morgan fingerprint density at radius 2 is 2.00 bits per heavy atom. The van der Waals surface area contributed by atoms with E-state index in [4.69, 9.17) is 5.11 Å². The standard InChI is InChI=1S/C15H16FNO2S/c1-10(8-11-2-4-12(16)5-3-11)17-9-13-6-7-14(20-13)15(18)19/h2-7,10,17H,8-9H2,1H3,(H,18,19). The summed E-state index contributed by atoms with van der Waals surface area (Å²) in [6, 6.07) is 10.2. The Kier molecular flexibility index (Phi) is 4.87. The second kappa shape index (κ2) is 6.63. The van der Waals surface area contributed by atoms with Gasteiger partial charge in [-0.2, -0.15) is 0 Å². The van der Waals surface area contributed by atoms with Crippen LogP contribution >= 0.6 is 11.3 Å². The maximum atomic E-state index is 12.8. The number of halogens is 1. The molecule has 106 valence electrons. The highest BCUT2D eigenvalue weighted by molar-refractivity contribution is 7.13. The molecule has 2 aromatic rings. The molecule has 0 spiro atoms. The van der Waals surface area contributed by atoms with Gasteiger partial charge in [-0.1, -0.05) is 12.1 Å². The molecule has 0 saturated heterocycles. The van der Waals surface area contributed by atoms with E-state index in [1.165, 1.54) is 23.5 Å². The summed E-state index contributed by atoms with van der Waals surface area (Å²) in [6.07, 6.45) is 0.803. The summed E-state index contributed by atoms with van der Waals surface area (Å²) in [5.74, 6) is -1.12. The van der Waals surface area contributed by atoms with Gasteiger partial charge in [-0.05, 0) is 43.2 Å². The molecule has 0 aliphatic carbocycles. The van der Waals surface area contributed by atoms with Gasteiger partial charge in [0.2, 0.25) is 0 Å². The molecule has 3 nitrogen and oxygen atoms in total. The second-order valence-electron chi connectivity index (χ2n) is 4.68. The molecule has 1 heterocycles. The zero-order chi connectivity index (χ0) is 14.5. The molecule has 20 heavy (non-hydrogen) atoms. The van der Waals surface area contributed by atoms with Crippen LogP contribution in [0.25, 0.3) is 0 Å². The fourth-order valence-corrected chi connectivity index (χ4v) is 2.71. The number of hydrogen-bond acceptors (Lipinski definition) is 3. The average Bonchev–Trinajstić information content (AvgIpc) is 2.88. The van der Waals surface area contributed by atoms with E-state index in [9.17, 15) is 9.18 Å². The second-order valence-corrected chi connectivity index (χ2v) is 5.85. The van der Waals surface area contributed by atoms with Gasteiger partial charge in [0.15, 0.2) is 0 Å². The minimum Gasteiger partial charge on any atom is -0.477 e. The first-order valence-electron chi connectivity index (χ1n) is 6.34. The highest BCUT2D eigenvalue weighted by atomic mass is 32.1. The lowest BCUT2D eigenvalue weighted by Gasteiger charge is -2.13. The fourth-order valence-electron chi connectivity index (χ4n) is 1.91. The number of aromatic carboxylic acids is 1. The van der Waals surface area contributed by atoms with Gasteiger partial charge in [-0.25, -0.2) is 9.18 Å². The van der Waals surface area contributed by atoms with E-state index in [0.717, 1.165) is 16.9 Å². The van der Waals surface area contributed by atoms with Crippen LogP contribution in [0.5, 0.6) is 0 Å². The van der Waals surface area contributed by atoms with Gasteiger partial charge in [-0.3, -0.25) is 0 Å². The van der Waals surface area contributed by atoms with E-state index in [1.54, 1.807) is 18.2 Å². The van der Waals surface area contributed by atoms with Crippen LogP contribution in [0, 0.1) is 5.82 Å². The molecule has 1 atom stereocenters. The summed E-state index contributed by atoms with van der Waals surface area (Å²) < 4.78 is 12.8. The third-order valence-electron chi connectivity index (χ3n) is 2.95. The van der Waals surface area contributed by atoms with E-state index in [-0.39, 0.29) is 11.9 Å². The molecule has 0 aliphatic rings. The summed E-state index contributed by atoms with van der Waals surface area (Å²) in [4.78, 5) is 12.1. The third kappa shape index (κ3) is 4.15. The number of nitrogens with one attached hydrogen (secondary N) is 1. The van der Waals surface area contributed by atoms with Crippen LogP contribution < -0.4 is 5.32 Å². The van der Waals surface area contributed by atoms with Crippen LogP contribution in [0.4, 0.5) is 4.39 Å². The third-order valence-corrected chi connectivity index (χ3v) is 4.03. The van der Waals surface area contributed by atoms with Gasteiger partial charge in [0, 0.05) is 17.5 Å². The van der Waals surface area contributed by atoms with Crippen LogP contribution in [-0.2, 0) is 13.0 Å². The summed E-state index contributed by atoms with van der Waals surface area (Å²) >= 11 is 1.28. The molecule has 1 unspecified atom stereocenters. The first-order valence-corrected chi connectivity index (χ1v) is 7.16. The lowest BCUT2D eigenvalue weighted by atomic mass is 10.1. The Labute approximate surface area is 121 Å². The van der Waals surface area contributed by atoms with Crippen LogP contribution in [-0.4, -0.2) is 17.1 Å². The Morgan fingerprint density at radius 3 is 2.60 bits per heavy atom. The number of thiophene rings is 1. The van der Waals surface area contributed by atoms with E-state index in [1.807, 2.05) is 6.07 Å². The molecule has 2 N–H and O–H groups in total. The number of carbonyl (C=O) groups is 1. The van der Waals surface area contributed by atoms with Crippen molar-refractivity contribution < 1.29 is 14.3 Å². The van der Waals surface area contributed by atoms with Crippen molar-refractivity contribution in [2.24, 2.45) is 0 Å². The lowest BCUT2D eigenvalue weighted by molar-refractivity contribution is 0.0702. The topological polar surface area (TPSA) is 49.3 Å². The molecule has 2 rings (SSSR count). The van der Waals surface area contributed by atoms with Crippen molar-refractivity contribution >= 4 is 17.3 Å². The van der Waals surface area contributed by atoms with E-state index in [2.05, 4.69) is 12.2 Å². The molecule has 1 aromatic heterocycles. The van der Waals surface area contributed by atoms with Crippen LogP contribution in [0.3, 0.4) is 0 Å².